The van der Waals surface area contributed by atoms with E-state index >= 15 is 0 Å². The number of nitrogens with one attached hydrogen (secondary N) is 2. The van der Waals surface area contributed by atoms with Crippen LogP contribution in [-0.4, -0.2) is 15.9 Å². The first-order valence-electron chi connectivity index (χ1n) is 8.46. The van der Waals surface area contributed by atoms with Crippen molar-refractivity contribution in [2.24, 2.45) is 0 Å². The Bertz CT molecular complexity index is 961. The van der Waals surface area contributed by atoms with Gasteiger partial charge in [0, 0.05) is 11.9 Å². The highest BCUT2D eigenvalue weighted by atomic mass is 19.4. The largest absolute Gasteiger partial charge is 0.416 e. The van der Waals surface area contributed by atoms with Crippen LogP contribution >= 0.6 is 0 Å². The zero-order valence-corrected chi connectivity index (χ0v) is 14.9. The minimum atomic E-state index is -4.45. The number of amides is 1. The molecule has 8 heteroatoms. The fourth-order valence-electron chi connectivity index (χ4n) is 2.54. The molecule has 0 fully saturated rings. The summed E-state index contributed by atoms with van der Waals surface area (Å²) in [5, 5.41) is 5.52. The Hall–Kier alpha value is -3.42. The summed E-state index contributed by atoms with van der Waals surface area (Å²) in [6.07, 6.45) is -3.08. The van der Waals surface area contributed by atoms with E-state index in [1.54, 1.807) is 0 Å². The molecular formula is C20H17F3N4O. The fourth-order valence-corrected chi connectivity index (χ4v) is 2.54. The van der Waals surface area contributed by atoms with E-state index in [0.717, 1.165) is 17.7 Å². The van der Waals surface area contributed by atoms with Gasteiger partial charge in [0.2, 0.25) is 5.95 Å². The Kier molecular flexibility index (Phi) is 5.58. The lowest BCUT2D eigenvalue weighted by Crippen LogP contribution is -2.27. The normalized spacial score (nSPS) is 12.3. The molecule has 144 valence electrons. The van der Waals surface area contributed by atoms with Crippen molar-refractivity contribution in [1.29, 1.82) is 0 Å². The van der Waals surface area contributed by atoms with Gasteiger partial charge in [-0.1, -0.05) is 36.4 Å². The number of halogens is 3. The predicted octanol–water partition coefficient (Wildman–Crippen LogP) is 4.73. The van der Waals surface area contributed by atoms with Gasteiger partial charge >= 0.3 is 6.18 Å². The van der Waals surface area contributed by atoms with Crippen LogP contribution in [0, 0.1) is 0 Å². The number of rotatable bonds is 5. The van der Waals surface area contributed by atoms with Crippen molar-refractivity contribution >= 4 is 17.5 Å². The first kappa shape index (κ1) is 19.3. The lowest BCUT2D eigenvalue weighted by Gasteiger charge is -2.14. The highest BCUT2D eigenvalue weighted by Gasteiger charge is 2.30. The van der Waals surface area contributed by atoms with Gasteiger partial charge in [0.05, 0.1) is 11.6 Å². The molecule has 1 atom stereocenters. The third-order valence-corrected chi connectivity index (χ3v) is 3.98. The fraction of sp³-hybridized carbons (Fsp3) is 0.150. The van der Waals surface area contributed by atoms with E-state index in [1.165, 1.54) is 24.4 Å². The topological polar surface area (TPSA) is 66.9 Å². The van der Waals surface area contributed by atoms with E-state index in [1.807, 2.05) is 37.3 Å². The number of hydrogen-bond acceptors (Lipinski definition) is 4. The molecule has 3 rings (SSSR count). The molecule has 1 amide bonds. The van der Waals surface area contributed by atoms with Crippen molar-refractivity contribution in [2.75, 3.05) is 5.32 Å². The van der Waals surface area contributed by atoms with Gasteiger partial charge in [-0.25, -0.2) is 9.97 Å². The molecule has 3 aromatic rings. The summed E-state index contributed by atoms with van der Waals surface area (Å²) >= 11 is 0. The number of anilines is 2. The standard InChI is InChI=1S/C20H17F3N4O/c1-13(14-6-3-2-4-7-14)25-18(28)17-10-11-24-19(27-17)26-16-9-5-8-15(12-16)20(21,22)23/h2-13H,1H3,(H,25,28)(H,24,26,27). The van der Waals surface area contributed by atoms with Crippen LogP contribution in [0.5, 0.6) is 0 Å². The number of alkyl halides is 3. The summed E-state index contributed by atoms with van der Waals surface area (Å²) in [5.41, 5.74) is 0.424. The van der Waals surface area contributed by atoms with E-state index < -0.39 is 17.6 Å². The summed E-state index contributed by atoms with van der Waals surface area (Å²) < 4.78 is 38.5. The van der Waals surface area contributed by atoms with Crippen LogP contribution < -0.4 is 10.6 Å². The quantitative estimate of drug-likeness (QED) is 0.665. The molecule has 0 bridgehead atoms. The monoisotopic (exact) mass is 386 g/mol. The molecule has 28 heavy (non-hydrogen) atoms. The van der Waals surface area contributed by atoms with E-state index in [4.69, 9.17) is 0 Å². The van der Waals surface area contributed by atoms with Crippen LogP contribution in [0.3, 0.4) is 0 Å². The summed E-state index contributed by atoms with van der Waals surface area (Å²) in [5.74, 6) is -0.384. The molecular weight excluding hydrogens is 369 g/mol. The van der Waals surface area contributed by atoms with Crippen molar-refractivity contribution in [3.8, 4) is 0 Å². The van der Waals surface area contributed by atoms with Crippen molar-refractivity contribution < 1.29 is 18.0 Å². The molecule has 0 saturated carbocycles. The second kappa shape index (κ2) is 8.08. The minimum Gasteiger partial charge on any atom is -0.344 e. The average molecular weight is 386 g/mol. The lowest BCUT2D eigenvalue weighted by molar-refractivity contribution is -0.137. The Labute approximate surface area is 159 Å². The van der Waals surface area contributed by atoms with Crippen LogP contribution in [0.25, 0.3) is 0 Å². The second-order valence-corrected chi connectivity index (χ2v) is 6.07. The zero-order valence-electron chi connectivity index (χ0n) is 14.9. The first-order valence-corrected chi connectivity index (χ1v) is 8.46. The molecule has 2 aromatic carbocycles. The van der Waals surface area contributed by atoms with Gasteiger partial charge in [0.15, 0.2) is 0 Å². The Morgan fingerprint density at radius 1 is 1.04 bits per heavy atom. The van der Waals surface area contributed by atoms with Crippen molar-refractivity contribution in [1.82, 2.24) is 15.3 Å². The number of aromatic nitrogens is 2. The Morgan fingerprint density at radius 3 is 2.50 bits per heavy atom. The van der Waals surface area contributed by atoms with Gasteiger partial charge in [-0.3, -0.25) is 4.79 Å². The summed E-state index contributed by atoms with van der Waals surface area (Å²) in [6, 6.07) is 15.3. The molecule has 0 aliphatic carbocycles. The molecule has 0 saturated heterocycles. The summed E-state index contributed by atoms with van der Waals surface area (Å²) in [4.78, 5) is 20.5. The van der Waals surface area contributed by atoms with Gasteiger partial charge in [-0.05, 0) is 36.8 Å². The lowest BCUT2D eigenvalue weighted by atomic mass is 10.1. The SMILES string of the molecule is CC(NC(=O)c1ccnc(Nc2cccc(C(F)(F)F)c2)n1)c1ccccc1. The van der Waals surface area contributed by atoms with Crippen LogP contribution in [0.1, 0.15) is 34.6 Å². The maximum Gasteiger partial charge on any atom is 0.416 e. The van der Waals surface area contributed by atoms with Crippen molar-refractivity contribution in [3.05, 3.63) is 83.7 Å². The Morgan fingerprint density at radius 2 is 1.79 bits per heavy atom. The third-order valence-electron chi connectivity index (χ3n) is 3.98. The molecule has 1 unspecified atom stereocenters. The highest BCUT2D eigenvalue weighted by molar-refractivity contribution is 5.92. The van der Waals surface area contributed by atoms with E-state index in [-0.39, 0.29) is 23.4 Å². The van der Waals surface area contributed by atoms with Gasteiger partial charge in [0.1, 0.15) is 5.69 Å². The molecule has 0 aliphatic heterocycles. The number of carbonyl (C=O) groups is 1. The molecule has 0 spiro atoms. The molecule has 0 radical (unpaired) electrons. The highest BCUT2D eigenvalue weighted by Crippen LogP contribution is 2.31. The van der Waals surface area contributed by atoms with Crippen LogP contribution in [0.4, 0.5) is 24.8 Å². The number of benzene rings is 2. The van der Waals surface area contributed by atoms with Crippen LogP contribution in [-0.2, 0) is 6.18 Å². The molecule has 1 heterocycles. The van der Waals surface area contributed by atoms with E-state index in [2.05, 4.69) is 20.6 Å². The maximum absolute atomic E-state index is 12.8. The molecule has 2 N–H and O–H groups in total. The average Bonchev–Trinajstić information content (AvgIpc) is 2.68. The van der Waals surface area contributed by atoms with Gasteiger partial charge < -0.3 is 10.6 Å². The Balaban J connectivity index is 1.73. The first-order chi connectivity index (χ1) is 13.3. The number of nitrogens with zero attached hydrogens (tertiary/aromatic N) is 2. The van der Waals surface area contributed by atoms with Gasteiger partial charge in [-0.2, -0.15) is 13.2 Å². The summed E-state index contributed by atoms with van der Waals surface area (Å²) in [7, 11) is 0. The van der Waals surface area contributed by atoms with Gasteiger partial charge in [-0.15, -0.1) is 0 Å². The van der Waals surface area contributed by atoms with Crippen LogP contribution in [0.2, 0.25) is 0 Å². The maximum atomic E-state index is 12.8. The predicted molar refractivity (Wildman–Crippen MR) is 99.1 cm³/mol. The number of hydrogen-bond donors (Lipinski definition) is 2. The third kappa shape index (κ3) is 4.85. The second-order valence-electron chi connectivity index (χ2n) is 6.07. The molecule has 1 aromatic heterocycles. The van der Waals surface area contributed by atoms with Crippen LogP contribution in [0.15, 0.2) is 66.9 Å². The number of carbonyl (C=O) groups excluding carboxylic acids is 1. The molecule has 5 nitrogen and oxygen atoms in total. The van der Waals surface area contributed by atoms with E-state index in [0.29, 0.717) is 0 Å². The smallest absolute Gasteiger partial charge is 0.344 e. The van der Waals surface area contributed by atoms with E-state index in [9.17, 15) is 18.0 Å². The van der Waals surface area contributed by atoms with Gasteiger partial charge in [0.25, 0.3) is 5.91 Å². The molecule has 0 aliphatic rings. The van der Waals surface area contributed by atoms with Crippen molar-refractivity contribution in [2.45, 2.75) is 19.1 Å². The van der Waals surface area contributed by atoms with Crippen molar-refractivity contribution in [3.63, 3.8) is 0 Å². The zero-order chi connectivity index (χ0) is 20.1. The minimum absolute atomic E-state index is 0.0272. The summed E-state index contributed by atoms with van der Waals surface area (Å²) in [6.45, 7) is 1.84.